The number of aryl methyl sites for hydroxylation is 3. The molecule has 1 amide bonds. The summed E-state index contributed by atoms with van der Waals surface area (Å²) in [6, 6.07) is 5.91. The third kappa shape index (κ3) is 2.92. The molecule has 0 unspecified atom stereocenters. The molecule has 0 spiro atoms. The van der Waals surface area contributed by atoms with Crippen LogP contribution in [-0.4, -0.2) is 31.8 Å². The van der Waals surface area contributed by atoms with E-state index in [1.165, 1.54) is 5.56 Å². The van der Waals surface area contributed by atoms with Crippen LogP contribution in [-0.2, 0) is 18.3 Å². The second-order valence-corrected chi connectivity index (χ2v) is 6.57. The summed E-state index contributed by atoms with van der Waals surface area (Å²) >= 11 is 0. The van der Waals surface area contributed by atoms with Crippen molar-refractivity contribution >= 4 is 11.6 Å². The summed E-state index contributed by atoms with van der Waals surface area (Å²) in [6.07, 6.45) is 4.94. The summed E-state index contributed by atoms with van der Waals surface area (Å²) < 4.78 is 7.64. The second-order valence-electron chi connectivity index (χ2n) is 6.57. The van der Waals surface area contributed by atoms with Crippen LogP contribution in [0.3, 0.4) is 0 Å². The van der Waals surface area contributed by atoms with Gasteiger partial charge in [-0.3, -0.25) is 9.78 Å². The van der Waals surface area contributed by atoms with Gasteiger partial charge in [-0.1, -0.05) is 6.07 Å². The highest BCUT2D eigenvalue weighted by atomic mass is 16.5. The molecule has 132 valence electrons. The minimum atomic E-state index is -0.537. The molecule has 3 aromatic rings. The molecule has 26 heavy (non-hydrogen) atoms. The lowest BCUT2D eigenvalue weighted by Gasteiger charge is -2.12. The van der Waals surface area contributed by atoms with Gasteiger partial charge in [0.05, 0.1) is 11.9 Å². The molecule has 1 aliphatic heterocycles. The number of carbonyl (C=O) groups is 1. The first kappa shape index (κ1) is 16.3. The van der Waals surface area contributed by atoms with E-state index in [4.69, 9.17) is 4.74 Å². The summed E-state index contributed by atoms with van der Waals surface area (Å²) in [6.45, 7) is 4.10. The number of nitrogens with zero attached hydrogens (tertiary/aromatic N) is 4. The number of fused-ring (bicyclic) bond motifs is 1. The third-order valence-electron chi connectivity index (χ3n) is 4.62. The Kier molecular flexibility index (Phi) is 3.91. The van der Waals surface area contributed by atoms with Crippen molar-refractivity contribution in [1.29, 1.82) is 0 Å². The highest BCUT2D eigenvalue weighted by Crippen LogP contribution is 2.32. The summed E-state index contributed by atoms with van der Waals surface area (Å²) in [5, 5.41) is 10.8. The molecule has 4 rings (SSSR count). The quantitative estimate of drug-likeness (QED) is 0.785. The zero-order valence-corrected chi connectivity index (χ0v) is 14.9. The van der Waals surface area contributed by atoms with E-state index in [1.807, 2.05) is 26.1 Å². The Morgan fingerprint density at radius 1 is 1.23 bits per heavy atom. The van der Waals surface area contributed by atoms with Crippen LogP contribution in [0.15, 0.2) is 36.9 Å². The van der Waals surface area contributed by atoms with Crippen LogP contribution in [0, 0.1) is 13.8 Å². The minimum Gasteiger partial charge on any atom is -0.480 e. The van der Waals surface area contributed by atoms with Crippen LogP contribution in [0.2, 0.25) is 0 Å². The fourth-order valence-corrected chi connectivity index (χ4v) is 3.06. The largest absolute Gasteiger partial charge is 0.480 e. The van der Waals surface area contributed by atoms with E-state index >= 15 is 0 Å². The first-order valence-corrected chi connectivity index (χ1v) is 8.38. The lowest BCUT2D eigenvalue weighted by molar-refractivity contribution is -0.122. The number of carbonyl (C=O) groups excluding carboxylic acids is 1. The molecule has 0 fully saturated rings. The van der Waals surface area contributed by atoms with Crippen molar-refractivity contribution in [3.8, 4) is 17.1 Å². The number of anilines is 1. The van der Waals surface area contributed by atoms with Crippen LogP contribution < -0.4 is 10.1 Å². The lowest BCUT2D eigenvalue weighted by Crippen LogP contribution is -2.31. The number of aromatic nitrogens is 4. The second kappa shape index (κ2) is 6.25. The number of nitrogens with one attached hydrogen (secondary N) is 1. The molecular formula is C19H19N5O2. The average molecular weight is 349 g/mol. The Bertz CT molecular complexity index is 964. The van der Waals surface area contributed by atoms with Crippen molar-refractivity contribution in [3.05, 3.63) is 53.6 Å². The molecule has 7 nitrogen and oxygen atoms in total. The molecule has 0 saturated heterocycles. The van der Waals surface area contributed by atoms with E-state index in [-0.39, 0.29) is 5.91 Å². The van der Waals surface area contributed by atoms with Gasteiger partial charge < -0.3 is 14.6 Å². The van der Waals surface area contributed by atoms with Gasteiger partial charge in [-0.2, -0.15) is 0 Å². The van der Waals surface area contributed by atoms with Crippen molar-refractivity contribution in [1.82, 2.24) is 19.7 Å². The zero-order chi connectivity index (χ0) is 18.3. The third-order valence-corrected chi connectivity index (χ3v) is 4.62. The lowest BCUT2D eigenvalue weighted by atomic mass is 10.0. The Morgan fingerprint density at radius 2 is 2.04 bits per heavy atom. The molecule has 0 radical (unpaired) electrons. The normalized spacial score (nSPS) is 15.4. The van der Waals surface area contributed by atoms with E-state index in [2.05, 4.69) is 33.5 Å². The number of ether oxygens (including phenoxy) is 1. The van der Waals surface area contributed by atoms with Crippen LogP contribution in [0.4, 0.5) is 5.69 Å². The highest BCUT2D eigenvalue weighted by molar-refractivity contribution is 5.95. The fourth-order valence-electron chi connectivity index (χ4n) is 3.06. The Balaban J connectivity index is 1.50. The molecule has 0 saturated carbocycles. The fraction of sp³-hybridized carbons (Fsp3) is 0.263. The molecular weight excluding hydrogens is 330 g/mol. The minimum absolute atomic E-state index is 0.187. The van der Waals surface area contributed by atoms with Gasteiger partial charge in [0.25, 0.3) is 5.91 Å². The van der Waals surface area contributed by atoms with E-state index in [0.29, 0.717) is 17.9 Å². The number of pyridine rings is 1. The predicted molar refractivity (Wildman–Crippen MR) is 96.9 cm³/mol. The van der Waals surface area contributed by atoms with Crippen LogP contribution in [0.5, 0.6) is 5.75 Å². The molecule has 1 N–H and O–H groups in total. The van der Waals surface area contributed by atoms with Crippen molar-refractivity contribution in [2.75, 3.05) is 5.32 Å². The van der Waals surface area contributed by atoms with Crippen LogP contribution in [0.25, 0.3) is 11.4 Å². The Morgan fingerprint density at radius 3 is 2.81 bits per heavy atom. The van der Waals surface area contributed by atoms with Gasteiger partial charge in [-0.05, 0) is 42.7 Å². The van der Waals surface area contributed by atoms with E-state index < -0.39 is 6.10 Å². The monoisotopic (exact) mass is 349 g/mol. The van der Waals surface area contributed by atoms with Crippen molar-refractivity contribution in [2.45, 2.75) is 26.4 Å². The topological polar surface area (TPSA) is 81.9 Å². The maximum Gasteiger partial charge on any atom is 0.265 e. The zero-order valence-electron chi connectivity index (χ0n) is 14.9. The van der Waals surface area contributed by atoms with Gasteiger partial charge in [0, 0.05) is 25.2 Å². The summed E-state index contributed by atoms with van der Waals surface area (Å²) in [5.74, 6) is 1.29. The molecule has 7 heteroatoms. The molecule has 0 bridgehead atoms. The maximum absolute atomic E-state index is 12.6. The number of benzene rings is 1. The van der Waals surface area contributed by atoms with Crippen molar-refractivity contribution in [2.24, 2.45) is 7.05 Å². The molecule has 0 aliphatic carbocycles. The first-order chi connectivity index (χ1) is 12.5. The maximum atomic E-state index is 12.6. The highest BCUT2D eigenvalue weighted by Gasteiger charge is 2.29. The van der Waals surface area contributed by atoms with Crippen molar-refractivity contribution in [3.63, 3.8) is 0 Å². The Labute approximate surface area is 151 Å². The average Bonchev–Trinajstić information content (AvgIpc) is 3.21. The van der Waals surface area contributed by atoms with Gasteiger partial charge in [0.2, 0.25) is 0 Å². The molecule has 2 aromatic heterocycles. The van der Waals surface area contributed by atoms with Gasteiger partial charge in [-0.25, -0.2) is 0 Å². The van der Waals surface area contributed by atoms with Crippen molar-refractivity contribution < 1.29 is 9.53 Å². The van der Waals surface area contributed by atoms with Gasteiger partial charge in [-0.15, -0.1) is 10.2 Å². The van der Waals surface area contributed by atoms with E-state index in [9.17, 15) is 4.79 Å². The summed E-state index contributed by atoms with van der Waals surface area (Å²) in [5.41, 5.74) is 4.81. The standard InChI is InChI=1S/C19H19N5O2/c1-11-4-13-7-17(26-16(13)5-12(11)2)19(25)22-15-6-14(8-20-9-15)18-23-21-10-24(18)3/h4-6,8-10,17H,7H2,1-3H3,(H,22,25)/t17-/m0/s1. The Hall–Kier alpha value is -3.22. The van der Waals surface area contributed by atoms with Gasteiger partial charge in [0.15, 0.2) is 11.9 Å². The molecule has 3 heterocycles. The van der Waals surface area contributed by atoms with Crippen LogP contribution >= 0.6 is 0 Å². The number of amides is 1. The van der Waals surface area contributed by atoms with E-state index in [0.717, 1.165) is 22.4 Å². The van der Waals surface area contributed by atoms with Crippen LogP contribution in [0.1, 0.15) is 16.7 Å². The molecule has 1 aromatic carbocycles. The van der Waals surface area contributed by atoms with E-state index in [1.54, 1.807) is 23.3 Å². The smallest absolute Gasteiger partial charge is 0.265 e. The predicted octanol–water partition coefficient (Wildman–Crippen LogP) is 2.44. The summed E-state index contributed by atoms with van der Waals surface area (Å²) in [7, 11) is 1.86. The van der Waals surface area contributed by atoms with Gasteiger partial charge in [0.1, 0.15) is 12.1 Å². The summed E-state index contributed by atoms with van der Waals surface area (Å²) in [4.78, 5) is 16.8. The number of hydrogen-bond donors (Lipinski definition) is 1. The number of hydrogen-bond acceptors (Lipinski definition) is 5. The van der Waals surface area contributed by atoms with Gasteiger partial charge >= 0.3 is 0 Å². The SMILES string of the molecule is Cc1cc2c(cc1C)O[C@H](C(=O)Nc1cncc(-c3nncn3C)c1)C2. The molecule has 1 aliphatic rings. The molecule has 1 atom stereocenters. The first-order valence-electron chi connectivity index (χ1n) is 8.38. The number of rotatable bonds is 3.